The standard InChI is InChI=1S/C7H9N3O/c1-3-6-4-8-10-9-7(6)5(2)11/h4H,3H2,1-2H3. The summed E-state index contributed by atoms with van der Waals surface area (Å²) in [5.74, 6) is -0.0586. The molecule has 0 saturated heterocycles. The highest BCUT2D eigenvalue weighted by molar-refractivity contribution is 5.93. The van der Waals surface area contributed by atoms with Gasteiger partial charge in [-0.3, -0.25) is 4.79 Å². The molecule has 1 rings (SSSR count). The number of nitrogens with zero attached hydrogens (tertiary/aromatic N) is 3. The Bertz CT molecular complexity index is 272. The van der Waals surface area contributed by atoms with Crippen molar-refractivity contribution < 1.29 is 4.79 Å². The Morgan fingerprint density at radius 1 is 1.64 bits per heavy atom. The van der Waals surface area contributed by atoms with Gasteiger partial charge in [-0.25, -0.2) is 0 Å². The fourth-order valence-corrected chi connectivity index (χ4v) is 0.847. The molecule has 0 atom stereocenters. The van der Waals surface area contributed by atoms with Crippen LogP contribution in [0.4, 0.5) is 0 Å². The second-order valence-electron chi connectivity index (χ2n) is 2.22. The van der Waals surface area contributed by atoms with E-state index in [1.54, 1.807) is 6.20 Å². The second kappa shape index (κ2) is 3.18. The molecule has 0 N–H and O–H groups in total. The first kappa shape index (κ1) is 7.78. The zero-order valence-electron chi connectivity index (χ0n) is 6.53. The van der Waals surface area contributed by atoms with E-state index >= 15 is 0 Å². The average molecular weight is 151 g/mol. The Balaban J connectivity index is 3.12. The van der Waals surface area contributed by atoms with Crippen LogP contribution in [0.15, 0.2) is 6.20 Å². The number of hydrogen-bond donors (Lipinski definition) is 0. The van der Waals surface area contributed by atoms with Crippen LogP contribution in [-0.4, -0.2) is 21.2 Å². The molecule has 0 spiro atoms. The van der Waals surface area contributed by atoms with Gasteiger partial charge >= 0.3 is 0 Å². The largest absolute Gasteiger partial charge is 0.293 e. The molecule has 0 fully saturated rings. The number of Topliss-reactive ketones (excluding diaryl/α,β-unsaturated/α-hetero) is 1. The van der Waals surface area contributed by atoms with Gasteiger partial charge in [-0.15, -0.1) is 10.2 Å². The van der Waals surface area contributed by atoms with Gasteiger partial charge in [-0.2, -0.15) is 0 Å². The van der Waals surface area contributed by atoms with E-state index in [4.69, 9.17) is 0 Å². The van der Waals surface area contributed by atoms with Crippen LogP contribution in [0.2, 0.25) is 0 Å². The van der Waals surface area contributed by atoms with Gasteiger partial charge in [0, 0.05) is 12.5 Å². The van der Waals surface area contributed by atoms with Gasteiger partial charge in [-0.05, 0) is 11.6 Å². The summed E-state index contributed by atoms with van der Waals surface area (Å²) >= 11 is 0. The maximum absolute atomic E-state index is 10.9. The molecular weight excluding hydrogens is 142 g/mol. The van der Waals surface area contributed by atoms with Gasteiger partial charge in [0.15, 0.2) is 5.78 Å². The predicted octanol–water partition coefficient (Wildman–Crippen LogP) is 0.637. The first-order valence-corrected chi connectivity index (χ1v) is 3.44. The Kier molecular flexibility index (Phi) is 2.25. The van der Waals surface area contributed by atoms with Crippen molar-refractivity contribution in [1.29, 1.82) is 0 Å². The molecule has 4 nitrogen and oxygen atoms in total. The van der Waals surface area contributed by atoms with Crippen LogP contribution in [0.25, 0.3) is 0 Å². The smallest absolute Gasteiger partial charge is 0.180 e. The predicted molar refractivity (Wildman–Crippen MR) is 39.2 cm³/mol. The van der Waals surface area contributed by atoms with Crippen LogP contribution in [0.5, 0.6) is 0 Å². The molecule has 0 saturated carbocycles. The fourth-order valence-electron chi connectivity index (χ4n) is 0.847. The zero-order chi connectivity index (χ0) is 8.27. The molecule has 1 aromatic heterocycles. The van der Waals surface area contributed by atoms with E-state index in [1.807, 2.05) is 6.92 Å². The van der Waals surface area contributed by atoms with E-state index < -0.39 is 0 Å². The molecule has 11 heavy (non-hydrogen) atoms. The number of ketones is 1. The van der Waals surface area contributed by atoms with E-state index in [1.165, 1.54) is 6.92 Å². The van der Waals surface area contributed by atoms with Crippen molar-refractivity contribution in [1.82, 2.24) is 15.4 Å². The van der Waals surface area contributed by atoms with Gasteiger partial charge in [0.25, 0.3) is 0 Å². The van der Waals surface area contributed by atoms with Crippen LogP contribution >= 0.6 is 0 Å². The number of rotatable bonds is 2. The van der Waals surface area contributed by atoms with Gasteiger partial charge in [0.05, 0.1) is 6.20 Å². The molecule has 0 aromatic carbocycles. The number of aryl methyl sites for hydroxylation is 1. The minimum absolute atomic E-state index is 0.0586. The number of carbonyl (C=O) groups is 1. The maximum Gasteiger partial charge on any atom is 0.180 e. The van der Waals surface area contributed by atoms with Crippen LogP contribution in [0.1, 0.15) is 29.9 Å². The van der Waals surface area contributed by atoms with Crippen LogP contribution < -0.4 is 0 Å². The van der Waals surface area contributed by atoms with Gasteiger partial charge < -0.3 is 0 Å². The lowest BCUT2D eigenvalue weighted by Gasteiger charge is -1.97. The molecule has 4 heteroatoms. The summed E-state index contributed by atoms with van der Waals surface area (Å²) in [7, 11) is 0. The van der Waals surface area contributed by atoms with Crippen molar-refractivity contribution >= 4 is 5.78 Å². The normalized spacial score (nSPS) is 9.64. The topological polar surface area (TPSA) is 55.7 Å². The van der Waals surface area contributed by atoms with Crippen LogP contribution in [-0.2, 0) is 6.42 Å². The van der Waals surface area contributed by atoms with Gasteiger partial charge in [0.2, 0.25) is 0 Å². The minimum Gasteiger partial charge on any atom is -0.293 e. The highest BCUT2D eigenvalue weighted by atomic mass is 16.1. The summed E-state index contributed by atoms with van der Waals surface area (Å²) in [6, 6.07) is 0. The van der Waals surface area contributed by atoms with Crippen LogP contribution in [0, 0.1) is 0 Å². The average Bonchev–Trinajstić information content (AvgIpc) is 2.04. The Morgan fingerprint density at radius 3 is 2.82 bits per heavy atom. The summed E-state index contributed by atoms with van der Waals surface area (Å²) in [4.78, 5) is 10.9. The summed E-state index contributed by atoms with van der Waals surface area (Å²) in [5.41, 5.74) is 1.29. The summed E-state index contributed by atoms with van der Waals surface area (Å²) in [6.45, 7) is 3.42. The summed E-state index contributed by atoms with van der Waals surface area (Å²) in [6.07, 6.45) is 2.33. The monoisotopic (exact) mass is 151 g/mol. The number of hydrogen-bond acceptors (Lipinski definition) is 4. The van der Waals surface area contributed by atoms with E-state index in [9.17, 15) is 4.79 Å². The third-order valence-corrected chi connectivity index (χ3v) is 1.43. The van der Waals surface area contributed by atoms with Gasteiger partial charge in [-0.1, -0.05) is 6.92 Å². The Morgan fingerprint density at radius 2 is 2.36 bits per heavy atom. The Hall–Kier alpha value is -1.32. The summed E-state index contributed by atoms with van der Waals surface area (Å²) in [5, 5.41) is 10.6. The van der Waals surface area contributed by atoms with Crippen LogP contribution in [0.3, 0.4) is 0 Å². The molecule has 1 aromatic rings. The van der Waals surface area contributed by atoms with Crippen molar-refractivity contribution in [3.05, 3.63) is 17.5 Å². The molecule has 0 aliphatic rings. The lowest BCUT2D eigenvalue weighted by atomic mass is 10.1. The van der Waals surface area contributed by atoms with E-state index in [0.717, 1.165) is 12.0 Å². The minimum atomic E-state index is -0.0586. The van der Waals surface area contributed by atoms with Crippen molar-refractivity contribution in [2.45, 2.75) is 20.3 Å². The quantitative estimate of drug-likeness (QED) is 0.582. The van der Waals surface area contributed by atoms with Crippen molar-refractivity contribution in [2.24, 2.45) is 0 Å². The molecule has 0 aliphatic carbocycles. The summed E-state index contributed by atoms with van der Waals surface area (Å²) < 4.78 is 0. The lowest BCUT2D eigenvalue weighted by molar-refractivity contribution is 0.101. The highest BCUT2D eigenvalue weighted by Crippen LogP contribution is 2.02. The molecular formula is C7H9N3O. The highest BCUT2D eigenvalue weighted by Gasteiger charge is 2.06. The maximum atomic E-state index is 10.9. The molecule has 58 valence electrons. The molecule has 0 bridgehead atoms. The fraction of sp³-hybridized carbons (Fsp3) is 0.429. The Labute approximate surface area is 64.6 Å². The first-order valence-electron chi connectivity index (χ1n) is 3.44. The van der Waals surface area contributed by atoms with E-state index in [2.05, 4.69) is 15.4 Å². The number of carbonyl (C=O) groups excluding carboxylic acids is 1. The second-order valence-corrected chi connectivity index (χ2v) is 2.22. The van der Waals surface area contributed by atoms with Gasteiger partial charge in [0.1, 0.15) is 5.69 Å². The van der Waals surface area contributed by atoms with E-state index in [-0.39, 0.29) is 5.78 Å². The number of aromatic nitrogens is 3. The van der Waals surface area contributed by atoms with Crippen molar-refractivity contribution in [3.8, 4) is 0 Å². The molecule has 1 heterocycles. The third kappa shape index (κ3) is 1.58. The van der Waals surface area contributed by atoms with Crippen molar-refractivity contribution in [2.75, 3.05) is 0 Å². The molecule has 0 amide bonds. The first-order chi connectivity index (χ1) is 5.25. The SMILES string of the molecule is CCc1cnnnc1C(C)=O. The molecule has 0 radical (unpaired) electrons. The zero-order valence-corrected chi connectivity index (χ0v) is 6.53. The molecule has 0 unspecified atom stereocenters. The molecule has 0 aliphatic heterocycles. The van der Waals surface area contributed by atoms with E-state index in [0.29, 0.717) is 5.69 Å². The van der Waals surface area contributed by atoms with Crippen molar-refractivity contribution in [3.63, 3.8) is 0 Å². The third-order valence-electron chi connectivity index (χ3n) is 1.43. The lowest BCUT2D eigenvalue weighted by Crippen LogP contribution is -2.05.